The van der Waals surface area contributed by atoms with E-state index in [1.54, 1.807) is 22.6 Å². The maximum atomic E-state index is 12.3. The highest BCUT2D eigenvalue weighted by atomic mass is 127. The van der Waals surface area contributed by atoms with Crippen molar-refractivity contribution < 1.29 is 17.9 Å². The summed E-state index contributed by atoms with van der Waals surface area (Å²) in [7, 11) is 0. The summed E-state index contributed by atoms with van der Waals surface area (Å²) in [6.45, 7) is 3.27. The summed E-state index contributed by atoms with van der Waals surface area (Å²) in [6, 6.07) is 3.25. The molecule has 0 aliphatic heterocycles. The largest absolute Gasteiger partial charge is 0.456 e. The molecule has 0 aliphatic carbocycles. The van der Waals surface area contributed by atoms with Gasteiger partial charge in [0.2, 0.25) is 0 Å². The molecule has 1 nitrogen and oxygen atoms in total. The van der Waals surface area contributed by atoms with Crippen molar-refractivity contribution in [1.82, 2.24) is 0 Å². The fourth-order valence-electron chi connectivity index (χ4n) is 0.878. The first-order chi connectivity index (χ1) is 6.95. The number of alkyl halides is 3. The molecule has 80 valence electrons. The van der Waals surface area contributed by atoms with Crippen molar-refractivity contribution in [3.05, 3.63) is 45.9 Å². The summed E-state index contributed by atoms with van der Waals surface area (Å²) in [4.78, 5) is 0. The van der Waals surface area contributed by atoms with Crippen molar-refractivity contribution in [2.45, 2.75) is 6.18 Å². The Balaban J connectivity index is 3.03. The van der Waals surface area contributed by atoms with Gasteiger partial charge in [-0.15, -0.1) is 0 Å². The Kier molecular flexibility index (Phi) is 3.82. The summed E-state index contributed by atoms with van der Waals surface area (Å²) in [5.41, 5.74) is 1.67. The van der Waals surface area contributed by atoms with Crippen LogP contribution in [-0.2, 0) is 6.18 Å². The monoisotopic (exact) mass is 326 g/mol. The molecule has 0 atom stereocenters. The Morgan fingerprint density at radius 2 is 2.07 bits per heavy atom. The Morgan fingerprint density at radius 1 is 1.40 bits per heavy atom. The summed E-state index contributed by atoms with van der Waals surface area (Å²) < 4.78 is 42.2. The second kappa shape index (κ2) is 4.72. The summed E-state index contributed by atoms with van der Waals surface area (Å²) in [5, 5.41) is 0. The van der Waals surface area contributed by atoms with Crippen LogP contribution in [0.15, 0.2) is 36.8 Å². The van der Waals surface area contributed by atoms with Crippen LogP contribution >= 0.6 is 22.6 Å². The molecule has 1 aromatic rings. The van der Waals surface area contributed by atoms with Crippen LogP contribution < -0.4 is 4.74 Å². The molecule has 0 amide bonds. The van der Waals surface area contributed by atoms with Crippen molar-refractivity contribution in [1.29, 1.82) is 0 Å². The fraction of sp³-hybridized carbons (Fsp3) is 0.100. The zero-order chi connectivity index (χ0) is 11.5. The van der Waals surface area contributed by atoms with Crippen molar-refractivity contribution in [3.8, 4) is 5.75 Å². The third-order valence-corrected chi connectivity index (χ3v) is 2.37. The highest BCUT2D eigenvalue weighted by Gasteiger charge is 2.30. The molecule has 0 aromatic heterocycles. The van der Waals surface area contributed by atoms with E-state index in [1.165, 1.54) is 12.3 Å². The molecule has 0 unspecified atom stereocenters. The molecule has 5 heteroatoms. The number of halogens is 4. The van der Waals surface area contributed by atoms with Crippen LogP contribution in [0.25, 0.3) is 0 Å². The molecule has 0 saturated carbocycles. The number of hydrogen-bond donors (Lipinski definition) is 0. The third kappa shape index (κ3) is 3.28. The van der Waals surface area contributed by atoms with Crippen LogP contribution in [0.3, 0.4) is 0 Å². The molecule has 0 N–H and O–H groups in total. The molecule has 0 bridgehead atoms. The molecule has 15 heavy (non-hydrogen) atoms. The molecule has 0 saturated heterocycles. The number of benzene rings is 1. The lowest BCUT2D eigenvalue weighted by atomic mass is 10.2. The zero-order valence-corrected chi connectivity index (χ0v) is 9.59. The number of hydrogen-bond acceptors (Lipinski definition) is 1. The van der Waals surface area contributed by atoms with Gasteiger partial charge in [0.05, 0.1) is 9.13 Å². The van der Waals surface area contributed by atoms with Crippen LogP contribution in [-0.4, -0.2) is 0 Å². The van der Waals surface area contributed by atoms with Gasteiger partial charge in [0.1, 0.15) is 12.0 Å². The van der Waals surface area contributed by atoms with E-state index in [1.807, 2.05) is 0 Å². The average Bonchev–Trinajstić information content (AvgIpc) is 2.14. The van der Waals surface area contributed by atoms with Crippen molar-refractivity contribution in [2.24, 2.45) is 0 Å². The number of rotatable bonds is 2. The highest BCUT2D eigenvalue weighted by Crippen LogP contribution is 2.33. The van der Waals surface area contributed by atoms with Crippen molar-refractivity contribution in [2.75, 3.05) is 0 Å². The van der Waals surface area contributed by atoms with Gasteiger partial charge in [0, 0.05) is 0 Å². The predicted octanol–water partition coefficient (Wildman–Crippen LogP) is 3.99. The van der Waals surface area contributed by atoms with E-state index in [-0.39, 0.29) is 0 Å². The predicted molar refractivity (Wildman–Crippen MR) is 58.5 cm³/mol. The molecule has 0 radical (unpaired) electrons. The van der Waals surface area contributed by atoms with Crippen molar-refractivity contribution >= 4 is 22.6 Å². The lowest BCUT2D eigenvalue weighted by Crippen LogP contribution is -2.05. The summed E-state index contributed by atoms with van der Waals surface area (Å²) in [6.07, 6.45) is -3.14. The molecular weight excluding hydrogens is 320 g/mol. The topological polar surface area (TPSA) is 9.23 Å². The highest BCUT2D eigenvalue weighted by molar-refractivity contribution is 14.1. The van der Waals surface area contributed by atoms with E-state index in [9.17, 15) is 13.2 Å². The van der Waals surface area contributed by atoms with Gasteiger partial charge < -0.3 is 4.74 Å². The van der Waals surface area contributed by atoms with E-state index in [2.05, 4.69) is 12.3 Å². The minimum atomic E-state index is -4.33. The van der Waals surface area contributed by atoms with Gasteiger partial charge in [-0.2, -0.15) is 13.2 Å². The van der Waals surface area contributed by atoms with Gasteiger partial charge in [0.15, 0.2) is 0 Å². The van der Waals surface area contributed by atoms with E-state index < -0.39 is 11.7 Å². The molecular formula is C10H6F3IO. The first-order valence-corrected chi connectivity index (χ1v) is 4.90. The Morgan fingerprint density at radius 3 is 2.53 bits per heavy atom. The average molecular weight is 326 g/mol. The van der Waals surface area contributed by atoms with E-state index >= 15 is 0 Å². The van der Waals surface area contributed by atoms with Gasteiger partial charge >= 0.3 is 6.18 Å². The molecule has 0 spiro atoms. The van der Waals surface area contributed by atoms with Gasteiger partial charge in [-0.3, -0.25) is 0 Å². The van der Waals surface area contributed by atoms with E-state index in [0.717, 1.165) is 12.1 Å². The maximum Gasteiger partial charge on any atom is 0.416 e. The minimum Gasteiger partial charge on any atom is -0.456 e. The van der Waals surface area contributed by atoms with Crippen LogP contribution in [0.5, 0.6) is 5.75 Å². The van der Waals surface area contributed by atoms with Gasteiger partial charge in [-0.25, -0.2) is 0 Å². The van der Waals surface area contributed by atoms with Gasteiger partial charge in [-0.1, -0.05) is 12.3 Å². The minimum absolute atomic E-state index is 0.347. The van der Waals surface area contributed by atoms with Crippen LogP contribution in [0.4, 0.5) is 13.2 Å². The van der Waals surface area contributed by atoms with E-state index in [0.29, 0.717) is 9.32 Å². The standard InChI is InChI=1S/C10H6F3IO/c1-2-5-15-9-4-3-7(6-8(9)14)10(11,12)13/h3-6H,1H2. The van der Waals surface area contributed by atoms with Crippen LogP contribution in [0.1, 0.15) is 5.56 Å². The van der Waals surface area contributed by atoms with Crippen LogP contribution in [0.2, 0.25) is 0 Å². The first kappa shape index (κ1) is 12.1. The lowest BCUT2D eigenvalue weighted by molar-refractivity contribution is -0.137. The molecule has 0 heterocycles. The second-order valence-electron chi connectivity index (χ2n) is 2.58. The Labute approximate surface area is 98.4 Å². The van der Waals surface area contributed by atoms with Crippen LogP contribution in [0, 0.1) is 3.57 Å². The summed E-state index contributed by atoms with van der Waals surface area (Å²) >= 11 is 1.77. The normalized spacial score (nSPS) is 10.7. The molecule has 0 fully saturated rings. The zero-order valence-electron chi connectivity index (χ0n) is 7.44. The third-order valence-electron chi connectivity index (χ3n) is 1.53. The molecule has 1 rings (SSSR count). The SMILES string of the molecule is C=C=COc1ccc(C(F)(F)F)cc1I. The smallest absolute Gasteiger partial charge is 0.416 e. The molecule has 1 aromatic carbocycles. The summed E-state index contributed by atoms with van der Waals surface area (Å²) in [5.74, 6) is 0.347. The maximum absolute atomic E-state index is 12.3. The first-order valence-electron chi connectivity index (χ1n) is 3.83. The van der Waals surface area contributed by atoms with Gasteiger partial charge in [0.25, 0.3) is 0 Å². The molecule has 0 aliphatic rings. The van der Waals surface area contributed by atoms with Gasteiger partial charge in [-0.05, 0) is 40.8 Å². The van der Waals surface area contributed by atoms with E-state index in [4.69, 9.17) is 4.74 Å². The Hall–Kier alpha value is -0.940. The number of ether oxygens (including phenoxy) is 1. The lowest BCUT2D eigenvalue weighted by Gasteiger charge is -2.08. The Bertz CT molecular complexity index is 406. The van der Waals surface area contributed by atoms with Crippen molar-refractivity contribution in [3.63, 3.8) is 0 Å². The fourth-order valence-corrected chi connectivity index (χ4v) is 1.52. The quantitative estimate of drug-likeness (QED) is 0.454. The second-order valence-corrected chi connectivity index (χ2v) is 3.74.